The molecule has 6 N–H and O–H groups in total. The van der Waals surface area contributed by atoms with Crippen molar-refractivity contribution >= 4 is 23.9 Å². The highest BCUT2D eigenvalue weighted by molar-refractivity contribution is 5.81. The molecule has 10 nitrogen and oxygen atoms in total. The Balaban J connectivity index is 2.61. The number of hydrogen-bond donors (Lipinski definition) is 6. The molecule has 1 fully saturated rings. The standard InChI is InChI=1S/C14H22N2O8/c17-11(18)5-9(13(21)22)15-7-2-1-3-8(4-7)16-10(14(23)24)6-12(19)20/h7-10,15-16H,1-6H2,(H,17,18)(H,19,20)(H,21,22)(H,23,24). The number of rotatable bonds is 10. The van der Waals surface area contributed by atoms with Gasteiger partial charge in [0.25, 0.3) is 0 Å². The van der Waals surface area contributed by atoms with Crippen LogP contribution in [-0.2, 0) is 19.2 Å². The molecular weight excluding hydrogens is 324 g/mol. The number of carbonyl (C=O) groups is 4. The van der Waals surface area contributed by atoms with Gasteiger partial charge in [-0.15, -0.1) is 0 Å². The molecular formula is C14H22N2O8. The summed E-state index contributed by atoms with van der Waals surface area (Å²) in [5.41, 5.74) is 0. The van der Waals surface area contributed by atoms with Crippen molar-refractivity contribution in [2.75, 3.05) is 0 Å². The highest BCUT2D eigenvalue weighted by Crippen LogP contribution is 2.20. The summed E-state index contributed by atoms with van der Waals surface area (Å²) >= 11 is 0. The molecule has 1 aliphatic rings. The molecule has 0 aromatic heterocycles. The first-order chi connectivity index (χ1) is 11.2. The van der Waals surface area contributed by atoms with Crippen molar-refractivity contribution in [2.24, 2.45) is 0 Å². The zero-order valence-electron chi connectivity index (χ0n) is 13.0. The lowest BCUT2D eigenvalue weighted by Crippen LogP contribution is -2.52. The first kappa shape index (κ1) is 19.8. The number of carboxylic acid groups (broad SMARTS) is 4. The zero-order chi connectivity index (χ0) is 18.3. The van der Waals surface area contributed by atoms with Gasteiger partial charge in [-0.3, -0.25) is 19.2 Å². The largest absolute Gasteiger partial charge is 0.481 e. The van der Waals surface area contributed by atoms with Crippen molar-refractivity contribution < 1.29 is 39.6 Å². The Bertz CT molecular complexity index is 453. The van der Waals surface area contributed by atoms with E-state index in [0.717, 1.165) is 0 Å². The molecule has 0 aromatic carbocycles. The number of nitrogens with one attached hydrogen (secondary N) is 2. The Morgan fingerprint density at radius 3 is 1.46 bits per heavy atom. The lowest BCUT2D eigenvalue weighted by Gasteiger charge is -2.33. The van der Waals surface area contributed by atoms with Crippen molar-refractivity contribution in [3.63, 3.8) is 0 Å². The molecule has 1 saturated carbocycles. The molecule has 4 atom stereocenters. The van der Waals surface area contributed by atoms with E-state index in [4.69, 9.17) is 20.4 Å². The molecule has 0 heterocycles. The van der Waals surface area contributed by atoms with E-state index in [2.05, 4.69) is 10.6 Å². The molecule has 0 amide bonds. The Kier molecular flexibility index (Phi) is 7.59. The summed E-state index contributed by atoms with van der Waals surface area (Å²) in [5.74, 6) is -4.98. The Labute approximate surface area is 137 Å². The lowest BCUT2D eigenvalue weighted by molar-refractivity contribution is -0.146. The van der Waals surface area contributed by atoms with Crippen LogP contribution in [0.2, 0.25) is 0 Å². The van der Waals surface area contributed by atoms with Gasteiger partial charge in [0.2, 0.25) is 0 Å². The van der Waals surface area contributed by atoms with E-state index >= 15 is 0 Å². The smallest absolute Gasteiger partial charge is 0.321 e. The maximum absolute atomic E-state index is 11.1. The van der Waals surface area contributed by atoms with Crippen LogP contribution < -0.4 is 10.6 Å². The molecule has 0 radical (unpaired) electrons. The van der Waals surface area contributed by atoms with Crippen LogP contribution in [0.4, 0.5) is 0 Å². The molecule has 1 aliphatic carbocycles. The molecule has 10 heteroatoms. The third-order valence-corrected chi connectivity index (χ3v) is 3.90. The second-order valence-electron chi connectivity index (χ2n) is 5.87. The second kappa shape index (κ2) is 9.18. The third kappa shape index (κ3) is 6.92. The molecule has 24 heavy (non-hydrogen) atoms. The topological polar surface area (TPSA) is 173 Å². The Morgan fingerprint density at radius 1 is 0.792 bits per heavy atom. The predicted molar refractivity (Wildman–Crippen MR) is 79.7 cm³/mol. The van der Waals surface area contributed by atoms with Crippen LogP contribution in [0.3, 0.4) is 0 Å². The molecule has 0 saturated heterocycles. The van der Waals surface area contributed by atoms with Gasteiger partial charge < -0.3 is 31.1 Å². The van der Waals surface area contributed by atoms with E-state index in [0.29, 0.717) is 25.7 Å². The maximum atomic E-state index is 11.1. The Morgan fingerprint density at radius 2 is 1.17 bits per heavy atom. The minimum Gasteiger partial charge on any atom is -0.481 e. The van der Waals surface area contributed by atoms with Crippen LogP contribution in [0.5, 0.6) is 0 Å². The fraction of sp³-hybridized carbons (Fsp3) is 0.714. The van der Waals surface area contributed by atoms with Gasteiger partial charge in [-0.1, -0.05) is 6.42 Å². The van der Waals surface area contributed by atoms with E-state index < -0.39 is 48.8 Å². The normalized spacial score (nSPS) is 23.2. The summed E-state index contributed by atoms with van der Waals surface area (Å²) in [4.78, 5) is 43.6. The first-order valence-corrected chi connectivity index (χ1v) is 7.60. The molecule has 0 spiro atoms. The number of carboxylic acids is 4. The zero-order valence-corrected chi connectivity index (χ0v) is 13.0. The van der Waals surface area contributed by atoms with Gasteiger partial charge in [-0.05, 0) is 19.3 Å². The van der Waals surface area contributed by atoms with Crippen LogP contribution in [0.25, 0.3) is 0 Å². The number of aliphatic carboxylic acids is 4. The van der Waals surface area contributed by atoms with Gasteiger partial charge >= 0.3 is 23.9 Å². The van der Waals surface area contributed by atoms with Crippen LogP contribution in [-0.4, -0.2) is 68.5 Å². The second-order valence-corrected chi connectivity index (χ2v) is 5.87. The quantitative estimate of drug-likeness (QED) is 0.298. The van der Waals surface area contributed by atoms with Crippen molar-refractivity contribution in [3.05, 3.63) is 0 Å². The average Bonchev–Trinajstić information content (AvgIpc) is 2.45. The third-order valence-electron chi connectivity index (χ3n) is 3.90. The van der Waals surface area contributed by atoms with Crippen molar-refractivity contribution in [2.45, 2.75) is 62.7 Å². The van der Waals surface area contributed by atoms with Crippen LogP contribution >= 0.6 is 0 Å². The summed E-state index contributed by atoms with van der Waals surface area (Å²) in [6.07, 6.45) is 1.25. The van der Waals surface area contributed by atoms with Crippen molar-refractivity contribution in [3.8, 4) is 0 Å². The van der Waals surface area contributed by atoms with Gasteiger partial charge in [0.05, 0.1) is 12.8 Å². The summed E-state index contributed by atoms with van der Waals surface area (Å²) in [6, 6.07) is -3.01. The summed E-state index contributed by atoms with van der Waals surface area (Å²) in [6.45, 7) is 0. The van der Waals surface area contributed by atoms with E-state index in [1.165, 1.54) is 0 Å². The van der Waals surface area contributed by atoms with E-state index in [9.17, 15) is 19.2 Å². The van der Waals surface area contributed by atoms with Gasteiger partial charge in [-0.25, -0.2) is 0 Å². The molecule has 136 valence electrons. The lowest BCUT2D eigenvalue weighted by atomic mass is 9.89. The minimum absolute atomic E-state index is 0.282. The molecule has 0 aliphatic heterocycles. The average molecular weight is 346 g/mol. The van der Waals surface area contributed by atoms with E-state index in [1.54, 1.807) is 0 Å². The highest BCUT2D eigenvalue weighted by Gasteiger charge is 2.31. The molecule has 0 aromatic rings. The van der Waals surface area contributed by atoms with Crippen LogP contribution in [0, 0.1) is 0 Å². The fourth-order valence-corrected chi connectivity index (χ4v) is 2.85. The SMILES string of the molecule is O=C(O)CC(NC1CCCC(NC(CC(=O)O)C(=O)O)C1)C(=O)O. The van der Waals surface area contributed by atoms with E-state index in [-0.39, 0.29) is 12.1 Å². The summed E-state index contributed by atoms with van der Waals surface area (Å²) in [5, 5.41) is 41.1. The molecule has 0 bridgehead atoms. The summed E-state index contributed by atoms with van der Waals surface area (Å²) in [7, 11) is 0. The predicted octanol–water partition coefficient (Wildman–Crippen LogP) is -0.667. The monoisotopic (exact) mass is 346 g/mol. The van der Waals surface area contributed by atoms with Crippen molar-refractivity contribution in [1.29, 1.82) is 0 Å². The van der Waals surface area contributed by atoms with Crippen LogP contribution in [0.15, 0.2) is 0 Å². The molecule has 4 unspecified atom stereocenters. The number of hydrogen-bond acceptors (Lipinski definition) is 6. The Hall–Kier alpha value is -2.20. The summed E-state index contributed by atoms with van der Waals surface area (Å²) < 4.78 is 0. The molecule has 1 rings (SSSR count). The van der Waals surface area contributed by atoms with Crippen molar-refractivity contribution in [1.82, 2.24) is 10.6 Å². The fourth-order valence-electron chi connectivity index (χ4n) is 2.85. The van der Waals surface area contributed by atoms with Gasteiger partial charge in [0, 0.05) is 12.1 Å². The van der Waals surface area contributed by atoms with Gasteiger partial charge in [-0.2, -0.15) is 0 Å². The minimum atomic E-state index is -1.26. The van der Waals surface area contributed by atoms with Gasteiger partial charge in [0.15, 0.2) is 0 Å². The van der Waals surface area contributed by atoms with E-state index in [1.807, 2.05) is 0 Å². The highest BCUT2D eigenvalue weighted by atomic mass is 16.4. The first-order valence-electron chi connectivity index (χ1n) is 7.60. The van der Waals surface area contributed by atoms with Crippen LogP contribution in [0.1, 0.15) is 38.5 Å². The maximum Gasteiger partial charge on any atom is 0.321 e. The van der Waals surface area contributed by atoms with Gasteiger partial charge in [0.1, 0.15) is 12.1 Å².